The lowest BCUT2D eigenvalue weighted by molar-refractivity contribution is 0.514. The number of rotatable bonds is 3. The maximum atomic E-state index is 6.68. The second-order valence-corrected chi connectivity index (χ2v) is 12.4. The van der Waals surface area contributed by atoms with Crippen LogP contribution in [0.3, 0.4) is 0 Å². The molecule has 0 spiro atoms. The molecule has 4 aromatic carbocycles. The van der Waals surface area contributed by atoms with Crippen LogP contribution in [0.2, 0.25) is 0 Å². The molecule has 1 heteroatoms. The van der Waals surface area contributed by atoms with Gasteiger partial charge in [-0.2, -0.15) is 0 Å². The van der Waals surface area contributed by atoms with E-state index in [1.807, 2.05) is 0 Å². The molecule has 0 fully saturated rings. The summed E-state index contributed by atoms with van der Waals surface area (Å²) < 4.78 is 6.68. The molecule has 208 valence electrons. The molecule has 0 radical (unpaired) electrons. The zero-order valence-electron chi connectivity index (χ0n) is 24.4. The molecule has 9 rings (SSSR count). The molecule has 2 unspecified atom stereocenters. The molecule has 0 saturated heterocycles. The highest BCUT2D eigenvalue weighted by atomic mass is 16.3. The molecule has 0 saturated carbocycles. The number of para-hydroxylation sites is 1. The summed E-state index contributed by atoms with van der Waals surface area (Å²) in [6.07, 6.45) is 25.4. The van der Waals surface area contributed by atoms with E-state index in [1.165, 1.54) is 66.6 Å². The molecule has 43 heavy (non-hydrogen) atoms. The lowest BCUT2D eigenvalue weighted by Gasteiger charge is -2.33. The lowest BCUT2D eigenvalue weighted by atomic mass is 9.71. The predicted octanol–water partition coefficient (Wildman–Crippen LogP) is 11.1. The van der Waals surface area contributed by atoms with Crippen molar-refractivity contribution in [1.29, 1.82) is 0 Å². The Morgan fingerprint density at radius 1 is 0.558 bits per heavy atom. The van der Waals surface area contributed by atoms with E-state index in [0.29, 0.717) is 5.92 Å². The minimum Gasteiger partial charge on any atom is -0.460 e. The van der Waals surface area contributed by atoms with Gasteiger partial charge >= 0.3 is 0 Å². The summed E-state index contributed by atoms with van der Waals surface area (Å²) >= 11 is 0. The van der Waals surface area contributed by atoms with Gasteiger partial charge in [0.05, 0.1) is 0 Å². The highest BCUT2D eigenvalue weighted by Crippen LogP contribution is 2.50. The first kappa shape index (κ1) is 24.9. The Balaban J connectivity index is 1.29. The average Bonchev–Trinajstić information content (AvgIpc) is 3.46. The third kappa shape index (κ3) is 3.84. The van der Waals surface area contributed by atoms with E-state index >= 15 is 0 Å². The van der Waals surface area contributed by atoms with Gasteiger partial charge in [-0.3, -0.25) is 0 Å². The van der Waals surface area contributed by atoms with Gasteiger partial charge in [-0.1, -0.05) is 115 Å². The second-order valence-electron chi connectivity index (χ2n) is 12.4. The van der Waals surface area contributed by atoms with E-state index < -0.39 is 0 Å². The number of allylic oxidation sites excluding steroid dienone is 4. The van der Waals surface area contributed by atoms with Gasteiger partial charge in [0.1, 0.15) is 11.3 Å². The first-order valence-electron chi connectivity index (χ1n) is 15.9. The van der Waals surface area contributed by atoms with Crippen molar-refractivity contribution in [2.24, 2.45) is 0 Å². The molecule has 0 amide bonds. The third-order valence-corrected chi connectivity index (χ3v) is 10.2. The van der Waals surface area contributed by atoms with Gasteiger partial charge < -0.3 is 4.42 Å². The van der Waals surface area contributed by atoms with E-state index in [0.717, 1.165) is 49.9 Å². The summed E-state index contributed by atoms with van der Waals surface area (Å²) in [5.74, 6) is 1.76. The molecule has 2 atom stereocenters. The topological polar surface area (TPSA) is 13.1 Å². The Kier molecular flexibility index (Phi) is 5.79. The zero-order chi connectivity index (χ0) is 28.3. The first-order chi connectivity index (χ1) is 21.4. The van der Waals surface area contributed by atoms with Crippen molar-refractivity contribution in [3.63, 3.8) is 0 Å². The minimum absolute atomic E-state index is 0.227. The van der Waals surface area contributed by atoms with Crippen LogP contribution >= 0.6 is 0 Å². The van der Waals surface area contributed by atoms with Crippen molar-refractivity contribution in [2.45, 2.75) is 50.4 Å². The number of furan rings is 1. The highest BCUT2D eigenvalue weighted by molar-refractivity contribution is 5.93. The van der Waals surface area contributed by atoms with Gasteiger partial charge in [0.15, 0.2) is 0 Å². The van der Waals surface area contributed by atoms with Gasteiger partial charge in [-0.05, 0) is 100 Å². The van der Waals surface area contributed by atoms with Crippen molar-refractivity contribution < 1.29 is 4.42 Å². The van der Waals surface area contributed by atoms with E-state index in [9.17, 15) is 0 Å². The smallest absolute Gasteiger partial charge is 0.134 e. The van der Waals surface area contributed by atoms with Crippen molar-refractivity contribution in [3.05, 3.63) is 153 Å². The highest BCUT2D eigenvalue weighted by Gasteiger charge is 2.34. The van der Waals surface area contributed by atoms with Crippen molar-refractivity contribution in [2.75, 3.05) is 0 Å². The van der Waals surface area contributed by atoms with Gasteiger partial charge in [0.25, 0.3) is 0 Å². The average molecular weight is 555 g/mol. The zero-order valence-corrected chi connectivity index (χ0v) is 24.4. The maximum absolute atomic E-state index is 6.68. The summed E-state index contributed by atoms with van der Waals surface area (Å²) in [6.45, 7) is 0. The second kappa shape index (κ2) is 9.99. The standard InChI is InChI=1S/C42H34O/c1-2-13-27(14-3-1)28-20-10-22-30-29(28)21-11-23-32(30)40-33-16-4-6-18-35(33)41(36-19-7-5-17-34(36)40)38-25-12-24-37-31-15-8-9-26-39(31)43-42(37)38/h1-4,7-16,19,21-24,26,28,38H,5-6,17-18,20,25H2. The number of hydrogen-bond acceptors (Lipinski definition) is 1. The molecule has 4 aliphatic carbocycles. The molecule has 1 aromatic heterocycles. The van der Waals surface area contributed by atoms with Crippen LogP contribution in [0.4, 0.5) is 0 Å². The van der Waals surface area contributed by atoms with Crippen LogP contribution in [0, 0.1) is 0 Å². The summed E-state index contributed by atoms with van der Waals surface area (Å²) in [6, 6.07) is 26.6. The lowest BCUT2D eigenvalue weighted by Crippen LogP contribution is -2.16. The van der Waals surface area contributed by atoms with Gasteiger partial charge in [-0.25, -0.2) is 0 Å². The molecule has 0 aliphatic heterocycles. The normalized spacial score (nSPS) is 19.6. The monoisotopic (exact) mass is 554 g/mol. The molecule has 0 N–H and O–H groups in total. The predicted molar refractivity (Wildman–Crippen MR) is 180 cm³/mol. The summed E-state index contributed by atoms with van der Waals surface area (Å²) in [5, 5.41) is 1.23. The van der Waals surface area contributed by atoms with Gasteiger partial charge in [-0.15, -0.1) is 0 Å². The van der Waals surface area contributed by atoms with Crippen LogP contribution in [-0.4, -0.2) is 0 Å². The van der Waals surface area contributed by atoms with E-state index in [2.05, 4.69) is 121 Å². The van der Waals surface area contributed by atoms with Gasteiger partial charge in [0, 0.05) is 22.8 Å². The Morgan fingerprint density at radius 2 is 1.28 bits per heavy atom. The quantitative estimate of drug-likeness (QED) is 0.216. The maximum Gasteiger partial charge on any atom is 0.134 e. The third-order valence-electron chi connectivity index (χ3n) is 10.2. The van der Waals surface area contributed by atoms with Crippen molar-refractivity contribution in [3.8, 4) is 11.1 Å². The molecule has 1 heterocycles. The Hall–Kier alpha value is -4.62. The molecular formula is C42H34O. The van der Waals surface area contributed by atoms with Crippen LogP contribution in [0.25, 0.3) is 46.4 Å². The number of benzene rings is 4. The molecule has 0 bridgehead atoms. The number of hydrogen-bond donors (Lipinski definition) is 0. The van der Waals surface area contributed by atoms with E-state index in [1.54, 1.807) is 0 Å². The Morgan fingerprint density at radius 3 is 2.16 bits per heavy atom. The molecule has 1 nitrogen and oxygen atoms in total. The summed E-state index contributed by atoms with van der Waals surface area (Å²) in [5.41, 5.74) is 16.8. The Labute approximate surface area is 253 Å². The van der Waals surface area contributed by atoms with Crippen molar-refractivity contribution in [1.82, 2.24) is 0 Å². The fourth-order valence-corrected chi connectivity index (χ4v) is 8.32. The van der Waals surface area contributed by atoms with Crippen molar-refractivity contribution >= 4 is 35.3 Å². The fraction of sp³-hybridized carbons (Fsp3) is 0.190. The molecular weight excluding hydrogens is 520 g/mol. The minimum atomic E-state index is 0.227. The largest absolute Gasteiger partial charge is 0.460 e. The Bertz CT molecular complexity index is 2030. The van der Waals surface area contributed by atoms with Crippen LogP contribution in [-0.2, 0) is 12.8 Å². The molecule has 4 aliphatic rings. The summed E-state index contributed by atoms with van der Waals surface area (Å²) in [4.78, 5) is 0. The summed E-state index contributed by atoms with van der Waals surface area (Å²) in [7, 11) is 0. The van der Waals surface area contributed by atoms with Gasteiger partial charge in [0.2, 0.25) is 0 Å². The van der Waals surface area contributed by atoms with Crippen LogP contribution in [0.15, 0.2) is 102 Å². The number of fused-ring (bicyclic) bond motifs is 6. The van der Waals surface area contributed by atoms with Crippen LogP contribution in [0.1, 0.15) is 93.4 Å². The van der Waals surface area contributed by atoms with E-state index in [4.69, 9.17) is 4.42 Å². The van der Waals surface area contributed by atoms with Crippen LogP contribution < -0.4 is 0 Å². The first-order valence-corrected chi connectivity index (χ1v) is 15.9. The van der Waals surface area contributed by atoms with Crippen LogP contribution in [0.5, 0.6) is 0 Å². The van der Waals surface area contributed by atoms with E-state index in [-0.39, 0.29) is 5.92 Å². The fourth-order valence-electron chi connectivity index (χ4n) is 8.32. The SMILES string of the molecule is C1=Cc2c(c(-c3cccc4c3C=CCC4c3ccccc3)c3c(c2C2CC=Cc4c2oc2ccccc42)CCC=C3)CC1. The molecule has 5 aromatic rings.